The zero-order chi connectivity index (χ0) is 14.2. The Morgan fingerprint density at radius 3 is 3.00 bits per heavy atom. The molecule has 1 amide bonds. The van der Waals surface area contributed by atoms with E-state index >= 15 is 0 Å². The second-order valence-corrected chi connectivity index (χ2v) is 4.19. The first-order chi connectivity index (χ1) is 9.78. The van der Waals surface area contributed by atoms with Gasteiger partial charge in [-0.2, -0.15) is 0 Å². The minimum atomic E-state index is -0.142. The lowest BCUT2D eigenvalue weighted by Gasteiger charge is -2.02. The molecular formula is C16H16N2O2. The minimum absolute atomic E-state index is 0.142. The summed E-state index contributed by atoms with van der Waals surface area (Å²) in [4.78, 5) is 15.7. The molecule has 0 radical (unpaired) electrons. The number of rotatable bonds is 5. The van der Waals surface area contributed by atoms with Crippen LogP contribution in [0.1, 0.15) is 11.1 Å². The Morgan fingerprint density at radius 2 is 2.25 bits per heavy atom. The fraction of sp³-hybridized carbons (Fsp3) is 0.125. The molecule has 1 N–H and O–H groups in total. The lowest BCUT2D eigenvalue weighted by atomic mass is 10.2. The first-order valence-electron chi connectivity index (χ1n) is 6.27. The quantitative estimate of drug-likeness (QED) is 0.847. The van der Waals surface area contributed by atoms with Crippen LogP contribution in [0, 0.1) is 0 Å². The SMILES string of the molecule is COc1cccc(/C=C/C(=O)NCc2cccnc2)c1. The predicted molar refractivity (Wildman–Crippen MR) is 78.1 cm³/mol. The summed E-state index contributed by atoms with van der Waals surface area (Å²) in [5.41, 5.74) is 1.89. The van der Waals surface area contributed by atoms with Gasteiger partial charge in [-0.3, -0.25) is 9.78 Å². The molecule has 0 bridgehead atoms. The number of nitrogens with zero attached hydrogens (tertiary/aromatic N) is 1. The third kappa shape index (κ3) is 4.24. The summed E-state index contributed by atoms with van der Waals surface area (Å²) in [5.74, 6) is 0.625. The van der Waals surface area contributed by atoms with Gasteiger partial charge in [0.05, 0.1) is 7.11 Å². The largest absolute Gasteiger partial charge is 0.497 e. The Hall–Kier alpha value is -2.62. The van der Waals surface area contributed by atoms with Crippen molar-refractivity contribution < 1.29 is 9.53 Å². The van der Waals surface area contributed by atoms with Crippen molar-refractivity contribution in [3.05, 3.63) is 66.0 Å². The standard InChI is InChI=1S/C16H16N2O2/c1-20-15-6-2-4-13(10-15)7-8-16(19)18-12-14-5-3-9-17-11-14/h2-11H,12H2,1H3,(H,18,19)/b8-7+. The molecule has 0 spiro atoms. The molecule has 4 nitrogen and oxygen atoms in total. The molecule has 0 saturated heterocycles. The zero-order valence-corrected chi connectivity index (χ0v) is 11.2. The molecule has 0 fully saturated rings. The van der Waals surface area contributed by atoms with E-state index in [9.17, 15) is 4.79 Å². The number of carbonyl (C=O) groups excluding carboxylic acids is 1. The number of nitrogens with one attached hydrogen (secondary N) is 1. The van der Waals surface area contributed by atoms with E-state index in [1.807, 2.05) is 36.4 Å². The maximum Gasteiger partial charge on any atom is 0.244 e. The maximum absolute atomic E-state index is 11.7. The third-order valence-electron chi connectivity index (χ3n) is 2.71. The third-order valence-corrected chi connectivity index (χ3v) is 2.71. The van der Waals surface area contributed by atoms with Crippen LogP contribution < -0.4 is 10.1 Å². The summed E-state index contributed by atoms with van der Waals surface area (Å²) in [6.07, 6.45) is 6.69. The highest BCUT2D eigenvalue weighted by molar-refractivity contribution is 5.91. The molecule has 102 valence electrons. The number of benzene rings is 1. The lowest BCUT2D eigenvalue weighted by molar-refractivity contribution is -0.116. The molecule has 2 rings (SSSR count). The van der Waals surface area contributed by atoms with E-state index in [0.717, 1.165) is 16.9 Å². The summed E-state index contributed by atoms with van der Waals surface area (Å²) in [7, 11) is 1.61. The van der Waals surface area contributed by atoms with Crippen molar-refractivity contribution in [2.75, 3.05) is 7.11 Å². The van der Waals surface area contributed by atoms with Gasteiger partial charge in [-0.15, -0.1) is 0 Å². The lowest BCUT2D eigenvalue weighted by Crippen LogP contribution is -2.20. The molecule has 0 aliphatic rings. The molecular weight excluding hydrogens is 252 g/mol. The van der Waals surface area contributed by atoms with Crippen LogP contribution in [-0.2, 0) is 11.3 Å². The van der Waals surface area contributed by atoms with Crippen LogP contribution in [0.15, 0.2) is 54.9 Å². The van der Waals surface area contributed by atoms with Gasteiger partial charge < -0.3 is 10.1 Å². The second kappa shape index (κ2) is 7.09. The van der Waals surface area contributed by atoms with Gasteiger partial charge in [0, 0.05) is 25.0 Å². The van der Waals surface area contributed by atoms with E-state index < -0.39 is 0 Å². The van der Waals surface area contributed by atoms with Gasteiger partial charge in [0.15, 0.2) is 0 Å². The summed E-state index contributed by atoms with van der Waals surface area (Å²) in [6.45, 7) is 0.467. The van der Waals surface area contributed by atoms with Gasteiger partial charge in [-0.25, -0.2) is 0 Å². The van der Waals surface area contributed by atoms with Gasteiger partial charge in [0.1, 0.15) is 5.75 Å². The first-order valence-corrected chi connectivity index (χ1v) is 6.27. The predicted octanol–water partition coefficient (Wildman–Crippen LogP) is 2.42. The Bertz CT molecular complexity index is 594. The van der Waals surface area contributed by atoms with E-state index in [2.05, 4.69) is 10.3 Å². The van der Waals surface area contributed by atoms with Gasteiger partial charge >= 0.3 is 0 Å². The van der Waals surface area contributed by atoms with Gasteiger partial charge in [0.25, 0.3) is 0 Å². The average Bonchev–Trinajstić information content (AvgIpc) is 2.52. The van der Waals surface area contributed by atoms with E-state index in [0.29, 0.717) is 6.54 Å². The van der Waals surface area contributed by atoms with Gasteiger partial charge in [-0.05, 0) is 35.4 Å². The minimum Gasteiger partial charge on any atom is -0.497 e. The van der Waals surface area contributed by atoms with Crippen molar-refractivity contribution in [3.8, 4) is 5.75 Å². The van der Waals surface area contributed by atoms with Crippen LogP contribution in [0.2, 0.25) is 0 Å². The summed E-state index contributed by atoms with van der Waals surface area (Å²) >= 11 is 0. The van der Waals surface area contributed by atoms with E-state index in [4.69, 9.17) is 4.74 Å². The molecule has 0 aliphatic heterocycles. The Morgan fingerprint density at radius 1 is 1.35 bits per heavy atom. The number of amides is 1. The number of methoxy groups -OCH3 is 1. The summed E-state index contributed by atoms with van der Waals surface area (Å²) < 4.78 is 5.13. The zero-order valence-electron chi connectivity index (χ0n) is 11.2. The molecule has 0 aliphatic carbocycles. The van der Waals surface area contributed by atoms with E-state index in [1.54, 1.807) is 25.6 Å². The second-order valence-electron chi connectivity index (χ2n) is 4.19. The summed E-state index contributed by atoms with van der Waals surface area (Å²) in [5, 5.41) is 2.80. The van der Waals surface area contributed by atoms with Crippen LogP contribution in [0.3, 0.4) is 0 Å². The van der Waals surface area contributed by atoms with Gasteiger partial charge in [-0.1, -0.05) is 18.2 Å². The van der Waals surface area contributed by atoms with Crippen molar-refractivity contribution in [2.45, 2.75) is 6.54 Å². The highest BCUT2D eigenvalue weighted by atomic mass is 16.5. The average molecular weight is 268 g/mol. The smallest absolute Gasteiger partial charge is 0.244 e. The topological polar surface area (TPSA) is 51.2 Å². The molecule has 20 heavy (non-hydrogen) atoms. The molecule has 0 saturated carbocycles. The van der Waals surface area contributed by atoms with Crippen LogP contribution in [-0.4, -0.2) is 18.0 Å². The van der Waals surface area contributed by atoms with Crippen molar-refractivity contribution >= 4 is 12.0 Å². The fourth-order valence-corrected chi connectivity index (χ4v) is 1.67. The number of aromatic nitrogens is 1. The van der Waals surface area contributed by atoms with Crippen LogP contribution in [0.4, 0.5) is 0 Å². The molecule has 1 heterocycles. The highest BCUT2D eigenvalue weighted by Gasteiger charge is 1.97. The molecule has 4 heteroatoms. The molecule has 2 aromatic rings. The van der Waals surface area contributed by atoms with Crippen molar-refractivity contribution in [1.82, 2.24) is 10.3 Å². The van der Waals surface area contributed by atoms with Gasteiger partial charge in [0.2, 0.25) is 5.91 Å². The summed E-state index contributed by atoms with van der Waals surface area (Å²) in [6, 6.07) is 11.3. The van der Waals surface area contributed by atoms with E-state index in [-0.39, 0.29) is 5.91 Å². The van der Waals surface area contributed by atoms with E-state index in [1.165, 1.54) is 6.08 Å². The van der Waals surface area contributed by atoms with Crippen molar-refractivity contribution in [3.63, 3.8) is 0 Å². The van der Waals surface area contributed by atoms with Crippen LogP contribution >= 0.6 is 0 Å². The number of pyridine rings is 1. The number of carbonyl (C=O) groups is 1. The molecule has 0 unspecified atom stereocenters. The number of ether oxygens (including phenoxy) is 1. The highest BCUT2D eigenvalue weighted by Crippen LogP contribution is 2.13. The molecule has 0 atom stereocenters. The molecule has 1 aromatic heterocycles. The van der Waals surface area contributed by atoms with Crippen molar-refractivity contribution in [2.24, 2.45) is 0 Å². The first kappa shape index (κ1) is 13.8. The fourth-order valence-electron chi connectivity index (χ4n) is 1.67. The maximum atomic E-state index is 11.7. The Labute approximate surface area is 118 Å². The molecule has 1 aromatic carbocycles. The normalized spacial score (nSPS) is 10.4. The van der Waals surface area contributed by atoms with Crippen LogP contribution in [0.5, 0.6) is 5.75 Å². The Balaban J connectivity index is 1.89. The van der Waals surface area contributed by atoms with Crippen LogP contribution in [0.25, 0.3) is 6.08 Å². The number of hydrogen-bond acceptors (Lipinski definition) is 3. The monoisotopic (exact) mass is 268 g/mol. The van der Waals surface area contributed by atoms with Crippen molar-refractivity contribution in [1.29, 1.82) is 0 Å². The number of hydrogen-bond donors (Lipinski definition) is 1. The Kier molecular flexibility index (Phi) is 4.89.